The summed E-state index contributed by atoms with van der Waals surface area (Å²) in [6.07, 6.45) is 4.39. The molecule has 0 radical (unpaired) electrons. The van der Waals surface area contributed by atoms with Crippen LogP contribution in [-0.4, -0.2) is 42.5 Å². The summed E-state index contributed by atoms with van der Waals surface area (Å²) in [6.45, 7) is 8.54. The Morgan fingerprint density at radius 1 is 1.33 bits per heavy atom. The average molecular weight is 428 g/mol. The second kappa shape index (κ2) is 10.4. The number of pyridine rings is 1. The van der Waals surface area contributed by atoms with E-state index in [0.29, 0.717) is 48.0 Å². The van der Waals surface area contributed by atoms with Crippen molar-refractivity contribution in [3.63, 3.8) is 0 Å². The van der Waals surface area contributed by atoms with Crippen molar-refractivity contribution in [2.75, 3.05) is 19.1 Å². The minimum absolute atomic E-state index is 0.0239. The minimum Gasteiger partial charge on any atom is -0.463 e. The predicted molar refractivity (Wildman–Crippen MR) is 117 cm³/mol. The Labute approximate surface area is 180 Å². The van der Waals surface area contributed by atoms with Gasteiger partial charge in [-0.15, -0.1) is 0 Å². The van der Waals surface area contributed by atoms with E-state index in [-0.39, 0.29) is 23.5 Å². The Balaban J connectivity index is 1.77. The van der Waals surface area contributed by atoms with Gasteiger partial charge in [-0.05, 0) is 57.2 Å². The number of rotatable bonds is 8. The van der Waals surface area contributed by atoms with Gasteiger partial charge in [-0.1, -0.05) is 11.8 Å². The third-order valence-electron chi connectivity index (χ3n) is 5.00. The summed E-state index contributed by atoms with van der Waals surface area (Å²) in [4.78, 5) is 34.5. The summed E-state index contributed by atoms with van der Waals surface area (Å²) < 4.78 is 10.8. The molecule has 1 amide bonds. The Kier molecular flexibility index (Phi) is 7.59. The van der Waals surface area contributed by atoms with Crippen molar-refractivity contribution in [3.05, 3.63) is 58.1 Å². The Bertz CT molecular complexity index is 947. The molecule has 1 N–H and O–H groups in total. The first-order valence-corrected chi connectivity index (χ1v) is 10.7. The fourth-order valence-electron chi connectivity index (χ4n) is 3.12. The van der Waals surface area contributed by atoms with Crippen LogP contribution >= 0.6 is 11.8 Å². The molecule has 7 nitrogen and oxygen atoms in total. The molecule has 1 aliphatic heterocycles. The number of Topliss-reactive ketones (excluding diaryl/α,β-unsaturated/α-hetero) is 1. The number of nitrogens with zero attached hydrogens (tertiary/aromatic N) is 2. The van der Waals surface area contributed by atoms with E-state index in [1.165, 1.54) is 18.0 Å². The van der Waals surface area contributed by atoms with Crippen molar-refractivity contribution in [3.8, 4) is 0 Å². The van der Waals surface area contributed by atoms with E-state index < -0.39 is 0 Å². The van der Waals surface area contributed by atoms with Gasteiger partial charge in [-0.2, -0.15) is 0 Å². The van der Waals surface area contributed by atoms with Crippen LogP contribution in [0.1, 0.15) is 40.2 Å². The Morgan fingerprint density at radius 3 is 2.73 bits per heavy atom. The van der Waals surface area contributed by atoms with Crippen molar-refractivity contribution in [2.45, 2.75) is 26.7 Å². The fourth-order valence-corrected chi connectivity index (χ4v) is 4.08. The molecule has 3 heterocycles. The van der Waals surface area contributed by atoms with Crippen LogP contribution in [0.4, 0.5) is 0 Å². The number of carbonyl (C=O) groups excluding carboxylic acids is 2. The third-order valence-corrected chi connectivity index (χ3v) is 5.97. The van der Waals surface area contributed by atoms with Gasteiger partial charge in [0.05, 0.1) is 22.6 Å². The number of nitrogens with one attached hydrogen (secondary N) is 1. The molecule has 0 atom stereocenters. The van der Waals surface area contributed by atoms with Crippen LogP contribution in [0.5, 0.6) is 0 Å². The zero-order chi connectivity index (χ0) is 21.5. The summed E-state index contributed by atoms with van der Waals surface area (Å²) in [5, 5.41) is 2.84. The van der Waals surface area contributed by atoms with Gasteiger partial charge in [0, 0.05) is 31.0 Å². The predicted octanol–water partition coefficient (Wildman–Crippen LogP) is 3.78. The lowest BCUT2D eigenvalue weighted by Gasteiger charge is -2.22. The maximum Gasteiger partial charge on any atom is 0.253 e. The fraction of sp³-hybridized carbons (Fsp3) is 0.364. The molecular weight excluding hydrogens is 402 g/mol. The van der Waals surface area contributed by atoms with E-state index in [9.17, 15) is 9.59 Å². The van der Waals surface area contributed by atoms with Crippen molar-refractivity contribution in [1.29, 1.82) is 0 Å². The number of aromatic nitrogens is 1. The molecule has 0 unspecified atom stereocenters. The van der Waals surface area contributed by atoms with Gasteiger partial charge in [-0.3, -0.25) is 19.6 Å². The number of carbonyl (C=O) groups is 2. The van der Waals surface area contributed by atoms with Crippen LogP contribution < -0.4 is 5.32 Å². The molecule has 0 aromatic carbocycles. The highest BCUT2D eigenvalue weighted by molar-refractivity contribution is 8.04. The molecule has 0 saturated carbocycles. The number of hydrogen-bond acceptors (Lipinski definition) is 7. The van der Waals surface area contributed by atoms with E-state index in [2.05, 4.69) is 22.0 Å². The number of aliphatic imine (C=N–C) groups is 1. The number of ketones is 1. The summed E-state index contributed by atoms with van der Waals surface area (Å²) in [5.41, 5.74) is 2.70. The number of allylic oxidation sites excluding steroid dienone is 1. The largest absolute Gasteiger partial charge is 0.463 e. The van der Waals surface area contributed by atoms with Gasteiger partial charge in [0.1, 0.15) is 5.70 Å². The van der Waals surface area contributed by atoms with Gasteiger partial charge < -0.3 is 14.5 Å². The Morgan fingerprint density at radius 2 is 2.10 bits per heavy atom. The molecule has 1 aliphatic rings. The van der Waals surface area contributed by atoms with Crippen LogP contribution in [0.3, 0.4) is 0 Å². The van der Waals surface area contributed by atoms with Gasteiger partial charge in [0.25, 0.3) is 5.91 Å². The minimum atomic E-state index is -0.248. The molecule has 0 spiro atoms. The van der Waals surface area contributed by atoms with Crippen LogP contribution in [0.15, 0.2) is 45.0 Å². The first-order valence-electron chi connectivity index (χ1n) is 9.72. The van der Waals surface area contributed by atoms with Crippen molar-refractivity contribution in [2.24, 2.45) is 10.9 Å². The number of ether oxygens (including phenoxy) is 1. The first kappa shape index (κ1) is 22.0. The first-order chi connectivity index (χ1) is 14.5. The average Bonchev–Trinajstić information content (AvgIpc) is 3.29. The smallest absolute Gasteiger partial charge is 0.253 e. The molecular formula is C22H25N3O4S. The summed E-state index contributed by atoms with van der Waals surface area (Å²) in [5.74, 6) is 0.256. The molecule has 158 valence electrons. The second-order valence-corrected chi connectivity index (χ2v) is 7.97. The molecule has 3 rings (SSSR count). The highest BCUT2D eigenvalue weighted by atomic mass is 32.2. The Hall–Kier alpha value is -2.71. The van der Waals surface area contributed by atoms with E-state index in [1.807, 2.05) is 13.8 Å². The molecule has 1 saturated heterocycles. The number of hydrogen-bond donors (Lipinski definition) is 1. The van der Waals surface area contributed by atoms with Crippen molar-refractivity contribution < 1.29 is 18.7 Å². The highest BCUT2D eigenvalue weighted by Crippen LogP contribution is 2.33. The van der Waals surface area contributed by atoms with Gasteiger partial charge in [0.15, 0.2) is 11.5 Å². The number of furan rings is 1. The van der Waals surface area contributed by atoms with Gasteiger partial charge >= 0.3 is 0 Å². The van der Waals surface area contributed by atoms with Crippen molar-refractivity contribution in [1.82, 2.24) is 10.3 Å². The quantitative estimate of drug-likeness (QED) is 0.391. The lowest BCUT2D eigenvalue weighted by Crippen LogP contribution is -2.27. The van der Waals surface area contributed by atoms with E-state index in [0.717, 1.165) is 11.3 Å². The van der Waals surface area contributed by atoms with E-state index >= 15 is 0 Å². The topological polar surface area (TPSA) is 93.8 Å². The van der Waals surface area contributed by atoms with Crippen LogP contribution in [-0.2, 0) is 9.53 Å². The third kappa shape index (κ3) is 5.25. The lowest BCUT2D eigenvalue weighted by atomic mass is 9.94. The van der Waals surface area contributed by atoms with Crippen molar-refractivity contribution >= 4 is 35.9 Å². The zero-order valence-corrected chi connectivity index (χ0v) is 18.0. The molecule has 1 fully saturated rings. The number of aryl methyl sites for hydroxylation is 2. The molecule has 0 aliphatic carbocycles. The monoisotopic (exact) mass is 427 g/mol. The summed E-state index contributed by atoms with van der Waals surface area (Å²) in [7, 11) is 0. The molecule has 30 heavy (non-hydrogen) atoms. The number of amides is 1. The number of thioether (sulfide) groups is 1. The van der Waals surface area contributed by atoms with Crippen LogP contribution in [0.25, 0.3) is 5.70 Å². The van der Waals surface area contributed by atoms with Gasteiger partial charge in [0.2, 0.25) is 0 Å². The SMILES string of the molecule is C=N/C(=C(\SCNC(=O)c1cnc(C)c(C)c1)C(=O)C1CCOCC1)c1ccco1. The molecule has 2 aromatic heterocycles. The van der Waals surface area contributed by atoms with Crippen LogP contribution in [0, 0.1) is 19.8 Å². The van der Waals surface area contributed by atoms with Gasteiger partial charge in [-0.25, -0.2) is 0 Å². The zero-order valence-electron chi connectivity index (χ0n) is 17.1. The molecule has 2 aromatic rings. The standard InChI is InChI=1S/C22H25N3O4S/c1-14-11-17(12-24-15(14)2)22(27)25-13-30-21(19(23-3)18-5-4-8-29-18)20(26)16-6-9-28-10-7-16/h4-5,8,11-12,16H,3,6-7,9-10,13H2,1-2H3,(H,25,27)/b21-19-. The highest BCUT2D eigenvalue weighted by Gasteiger charge is 2.28. The second-order valence-electron chi connectivity index (χ2n) is 6.98. The maximum absolute atomic E-state index is 13.2. The van der Waals surface area contributed by atoms with Crippen LogP contribution in [0.2, 0.25) is 0 Å². The molecule has 8 heteroatoms. The summed E-state index contributed by atoms with van der Waals surface area (Å²) >= 11 is 1.23. The van der Waals surface area contributed by atoms with E-state index in [1.54, 1.807) is 24.4 Å². The normalized spacial score (nSPS) is 15.4. The lowest BCUT2D eigenvalue weighted by molar-refractivity contribution is -0.121. The molecule has 0 bridgehead atoms. The maximum atomic E-state index is 13.2. The summed E-state index contributed by atoms with van der Waals surface area (Å²) in [6, 6.07) is 5.27. The van der Waals surface area contributed by atoms with E-state index in [4.69, 9.17) is 9.15 Å².